The first-order chi connectivity index (χ1) is 13.8. The summed E-state index contributed by atoms with van der Waals surface area (Å²) >= 11 is 0. The highest BCUT2D eigenvalue weighted by Crippen LogP contribution is 2.41. The minimum atomic E-state index is -4.55. The molecule has 2 aromatic carbocycles. The van der Waals surface area contributed by atoms with Gasteiger partial charge >= 0.3 is 12.2 Å². The molecule has 146 valence electrons. The summed E-state index contributed by atoms with van der Waals surface area (Å²) in [4.78, 5) is 26.6. The van der Waals surface area contributed by atoms with Gasteiger partial charge in [0.05, 0.1) is 28.9 Å². The van der Waals surface area contributed by atoms with Crippen molar-refractivity contribution in [3.63, 3.8) is 0 Å². The summed E-state index contributed by atoms with van der Waals surface area (Å²) in [6.07, 6.45) is -4.09. The monoisotopic (exact) mass is 397 g/mol. The molecule has 0 saturated carbocycles. The summed E-state index contributed by atoms with van der Waals surface area (Å²) in [5.41, 5.74) is 1.03. The molecule has 0 spiro atoms. The molecule has 0 bridgehead atoms. The van der Waals surface area contributed by atoms with Gasteiger partial charge in [-0.2, -0.15) is 18.4 Å². The highest BCUT2D eigenvalue weighted by Gasteiger charge is 2.41. The number of hydrogen-bond donors (Lipinski definition) is 1. The van der Waals surface area contributed by atoms with Crippen molar-refractivity contribution in [3.05, 3.63) is 76.5 Å². The number of carbonyl (C=O) groups excluding carboxylic acids is 2. The molecule has 1 heterocycles. The molecule has 2 aromatic rings. The number of rotatable bonds is 2. The first-order valence-corrected chi connectivity index (χ1v) is 8.84. The van der Waals surface area contributed by atoms with Crippen molar-refractivity contribution < 1.29 is 22.8 Å². The van der Waals surface area contributed by atoms with Crippen LogP contribution in [0.5, 0.6) is 0 Å². The molecule has 1 aliphatic carbocycles. The Bertz CT molecular complexity index is 1080. The lowest BCUT2D eigenvalue weighted by Gasteiger charge is -2.34. The third-order valence-electron chi connectivity index (χ3n) is 5.03. The van der Waals surface area contributed by atoms with Gasteiger partial charge in [0.2, 0.25) is 0 Å². The second-order valence-electron chi connectivity index (χ2n) is 6.78. The van der Waals surface area contributed by atoms with Gasteiger partial charge in [-0.15, -0.1) is 0 Å². The minimum absolute atomic E-state index is 0.0535. The second kappa shape index (κ2) is 6.78. The minimum Gasteiger partial charge on any atom is -0.326 e. The average Bonchev–Trinajstić information content (AvgIpc) is 3.08. The zero-order chi connectivity index (χ0) is 20.8. The first kappa shape index (κ1) is 18.7. The Morgan fingerprint density at radius 1 is 1.07 bits per heavy atom. The zero-order valence-corrected chi connectivity index (χ0v) is 15.0. The van der Waals surface area contributed by atoms with Crippen LogP contribution in [-0.2, 0) is 11.0 Å². The number of ketones is 1. The topological polar surface area (TPSA) is 73.2 Å². The maximum Gasteiger partial charge on any atom is 0.416 e. The molecule has 0 unspecified atom stereocenters. The smallest absolute Gasteiger partial charge is 0.326 e. The van der Waals surface area contributed by atoms with Crippen LogP contribution in [0.15, 0.2) is 59.8 Å². The Morgan fingerprint density at radius 3 is 2.45 bits per heavy atom. The molecule has 2 amide bonds. The molecule has 29 heavy (non-hydrogen) atoms. The predicted molar refractivity (Wildman–Crippen MR) is 97.6 cm³/mol. The van der Waals surface area contributed by atoms with Gasteiger partial charge in [-0.1, -0.05) is 18.2 Å². The van der Waals surface area contributed by atoms with Crippen LogP contribution < -0.4 is 10.2 Å². The number of allylic oxidation sites excluding steroid dienone is 1. The van der Waals surface area contributed by atoms with Crippen LogP contribution in [0, 0.1) is 11.3 Å². The van der Waals surface area contributed by atoms with Crippen molar-refractivity contribution in [1.29, 1.82) is 5.26 Å². The van der Waals surface area contributed by atoms with Crippen molar-refractivity contribution in [2.75, 3.05) is 4.90 Å². The fraction of sp³-hybridized carbons (Fsp3) is 0.190. The molecule has 8 heteroatoms. The largest absolute Gasteiger partial charge is 0.416 e. The number of nitrogens with zero attached hydrogens (tertiary/aromatic N) is 2. The summed E-state index contributed by atoms with van der Waals surface area (Å²) in [7, 11) is 0. The standard InChI is InChI=1S/C21H14F3N3O2/c22-21(23,24)14-2-1-3-15(10-14)27-16-8-9-17(28)18(16)19(26-20(27)29)13-6-4-12(11-25)5-7-13/h1-7,10,19H,8-9H2,(H,26,29)/t19-/m0/s1. The Balaban J connectivity index is 1.80. The number of Topliss-reactive ketones (excluding diaryl/α,β-unsaturated/α-hetero) is 1. The average molecular weight is 397 g/mol. The maximum atomic E-state index is 13.1. The van der Waals surface area contributed by atoms with E-state index in [0.717, 1.165) is 17.0 Å². The molecule has 5 nitrogen and oxygen atoms in total. The van der Waals surface area contributed by atoms with Crippen molar-refractivity contribution in [2.45, 2.75) is 25.1 Å². The maximum absolute atomic E-state index is 13.1. The molecule has 0 radical (unpaired) electrons. The van der Waals surface area contributed by atoms with Gasteiger partial charge in [-0.3, -0.25) is 9.69 Å². The SMILES string of the molecule is N#Cc1ccc([C@@H]2NC(=O)N(c3cccc(C(F)(F)F)c3)C3=C2C(=O)CC3)cc1. The number of urea groups is 1. The molecule has 1 N–H and O–H groups in total. The highest BCUT2D eigenvalue weighted by atomic mass is 19.4. The van der Waals surface area contributed by atoms with E-state index in [4.69, 9.17) is 5.26 Å². The number of alkyl halides is 3. The van der Waals surface area contributed by atoms with Crippen LogP contribution in [0.4, 0.5) is 23.7 Å². The first-order valence-electron chi connectivity index (χ1n) is 8.84. The fourth-order valence-corrected chi connectivity index (χ4v) is 3.70. The number of carbonyl (C=O) groups is 2. The summed E-state index contributed by atoms with van der Waals surface area (Å²) in [6, 6.07) is 11.6. The van der Waals surface area contributed by atoms with Gasteiger partial charge in [0.1, 0.15) is 0 Å². The van der Waals surface area contributed by atoms with E-state index in [1.54, 1.807) is 24.3 Å². The normalized spacial score (nSPS) is 19.1. The van der Waals surface area contributed by atoms with Gasteiger partial charge in [0, 0.05) is 17.7 Å². The van der Waals surface area contributed by atoms with Crippen LogP contribution in [0.3, 0.4) is 0 Å². The van der Waals surface area contributed by atoms with E-state index in [0.29, 0.717) is 22.4 Å². The molecular weight excluding hydrogens is 383 g/mol. The molecule has 1 aliphatic heterocycles. The number of benzene rings is 2. The molecule has 4 rings (SSSR count). The van der Waals surface area contributed by atoms with Gasteiger partial charge in [0.15, 0.2) is 5.78 Å². The van der Waals surface area contributed by atoms with E-state index >= 15 is 0 Å². The van der Waals surface area contributed by atoms with Crippen LogP contribution >= 0.6 is 0 Å². The molecule has 0 aromatic heterocycles. The van der Waals surface area contributed by atoms with Crippen LogP contribution in [-0.4, -0.2) is 11.8 Å². The molecule has 2 aliphatic rings. The lowest BCUT2D eigenvalue weighted by Crippen LogP contribution is -2.47. The zero-order valence-electron chi connectivity index (χ0n) is 15.0. The van der Waals surface area contributed by atoms with E-state index in [-0.39, 0.29) is 24.3 Å². The molecular formula is C21H14F3N3O2. The van der Waals surface area contributed by atoms with Crippen LogP contribution in [0.1, 0.15) is 35.6 Å². The quantitative estimate of drug-likeness (QED) is 0.813. The van der Waals surface area contributed by atoms with Crippen molar-refractivity contribution in [3.8, 4) is 6.07 Å². The van der Waals surface area contributed by atoms with E-state index < -0.39 is 23.8 Å². The van der Waals surface area contributed by atoms with Gasteiger partial charge in [-0.25, -0.2) is 4.79 Å². The summed E-state index contributed by atoms with van der Waals surface area (Å²) in [5, 5.41) is 11.7. The van der Waals surface area contributed by atoms with Gasteiger partial charge in [-0.05, 0) is 42.3 Å². The number of hydrogen-bond acceptors (Lipinski definition) is 3. The summed E-state index contributed by atoms with van der Waals surface area (Å²) in [5.74, 6) is -0.161. The summed E-state index contributed by atoms with van der Waals surface area (Å²) in [6.45, 7) is 0. The molecule has 1 atom stereocenters. The van der Waals surface area contributed by atoms with Crippen molar-refractivity contribution >= 4 is 17.5 Å². The Labute approximate surface area is 164 Å². The number of nitriles is 1. The van der Waals surface area contributed by atoms with Gasteiger partial charge in [0.25, 0.3) is 0 Å². The van der Waals surface area contributed by atoms with E-state index in [1.807, 2.05) is 6.07 Å². The predicted octanol–water partition coefficient (Wildman–Crippen LogP) is 4.46. The van der Waals surface area contributed by atoms with E-state index in [9.17, 15) is 22.8 Å². The second-order valence-corrected chi connectivity index (χ2v) is 6.78. The number of halogens is 3. The number of anilines is 1. The van der Waals surface area contributed by atoms with E-state index in [2.05, 4.69) is 5.32 Å². The molecule has 0 saturated heterocycles. The number of nitrogens with one attached hydrogen (secondary N) is 1. The summed E-state index contributed by atoms with van der Waals surface area (Å²) < 4.78 is 39.3. The Morgan fingerprint density at radius 2 is 1.79 bits per heavy atom. The van der Waals surface area contributed by atoms with Crippen molar-refractivity contribution in [1.82, 2.24) is 5.32 Å². The lowest BCUT2D eigenvalue weighted by atomic mass is 9.94. The highest BCUT2D eigenvalue weighted by molar-refractivity contribution is 6.08. The lowest BCUT2D eigenvalue weighted by molar-refractivity contribution is -0.137. The fourth-order valence-electron chi connectivity index (χ4n) is 3.70. The third kappa shape index (κ3) is 3.25. The Kier molecular flexibility index (Phi) is 4.38. The van der Waals surface area contributed by atoms with Crippen LogP contribution in [0.25, 0.3) is 0 Å². The van der Waals surface area contributed by atoms with Crippen LogP contribution in [0.2, 0.25) is 0 Å². The van der Waals surface area contributed by atoms with Crippen molar-refractivity contribution in [2.24, 2.45) is 0 Å². The molecule has 0 fully saturated rings. The number of amides is 2. The van der Waals surface area contributed by atoms with Gasteiger partial charge < -0.3 is 5.32 Å². The third-order valence-corrected chi connectivity index (χ3v) is 5.03. The Hall–Kier alpha value is -3.60. The van der Waals surface area contributed by atoms with E-state index in [1.165, 1.54) is 12.1 Å².